The van der Waals surface area contributed by atoms with Gasteiger partial charge in [-0.15, -0.1) is 0 Å². The summed E-state index contributed by atoms with van der Waals surface area (Å²) >= 11 is 0. The first-order valence-corrected chi connectivity index (χ1v) is 18.7. The molecule has 0 spiro atoms. The van der Waals surface area contributed by atoms with Crippen molar-refractivity contribution in [3.8, 4) is 22.3 Å². The van der Waals surface area contributed by atoms with Crippen LogP contribution < -0.4 is 15.5 Å². The molecule has 0 saturated heterocycles. The van der Waals surface area contributed by atoms with E-state index in [1.165, 1.54) is 82.9 Å². The molecule has 1 aliphatic carbocycles. The van der Waals surface area contributed by atoms with E-state index in [-0.39, 0.29) is 6.04 Å². The molecule has 51 heavy (non-hydrogen) atoms. The summed E-state index contributed by atoms with van der Waals surface area (Å²) in [6.45, 7) is 0. The van der Waals surface area contributed by atoms with Crippen molar-refractivity contribution in [2.75, 3.05) is 4.90 Å². The lowest BCUT2D eigenvalue weighted by molar-refractivity contribution is 0.656. The molecule has 0 N–H and O–H groups in total. The van der Waals surface area contributed by atoms with Crippen molar-refractivity contribution >= 4 is 63.6 Å². The second-order valence-electron chi connectivity index (χ2n) is 13.5. The fourth-order valence-corrected chi connectivity index (χ4v) is 9.35. The summed E-state index contributed by atoms with van der Waals surface area (Å²) in [5.74, 6) is 0. The van der Waals surface area contributed by atoms with Crippen molar-refractivity contribution in [2.45, 2.75) is 12.5 Å². The Bertz CT molecular complexity index is 2650. The largest absolute Gasteiger partial charge is 0.333 e. The Kier molecular flexibility index (Phi) is 7.29. The molecule has 3 heteroatoms. The Morgan fingerprint density at radius 3 is 1.94 bits per heavy atom. The van der Waals surface area contributed by atoms with E-state index >= 15 is 0 Å². The smallest absolute Gasteiger partial charge is 0.0566 e. The van der Waals surface area contributed by atoms with Crippen LogP contribution in [-0.2, 0) is 0 Å². The molecule has 2 atom stereocenters. The van der Waals surface area contributed by atoms with E-state index in [4.69, 9.17) is 0 Å². The minimum Gasteiger partial charge on any atom is -0.333 e. The summed E-state index contributed by atoms with van der Waals surface area (Å²) in [5, 5.41) is 5.37. The minimum absolute atomic E-state index is 0.194. The molecule has 0 amide bonds. The highest BCUT2D eigenvalue weighted by molar-refractivity contribution is 7.56. The Labute approximate surface area is 300 Å². The maximum absolute atomic E-state index is 2.60. The minimum atomic E-state index is 0.194. The Balaban J connectivity index is 1.05. The normalized spacial score (nSPS) is 15.6. The topological polar surface area (TPSA) is 8.17 Å². The van der Waals surface area contributed by atoms with Gasteiger partial charge in [-0.2, -0.15) is 0 Å². The predicted octanol–water partition coefficient (Wildman–Crippen LogP) is 12.1. The van der Waals surface area contributed by atoms with Crippen LogP contribution >= 0.6 is 8.58 Å². The molecule has 2 aliphatic rings. The number of allylic oxidation sites excluding steroid dienone is 4. The second kappa shape index (κ2) is 12.4. The molecule has 0 bridgehead atoms. The number of hydrogen-bond donors (Lipinski definition) is 0. The van der Waals surface area contributed by atoms with Crippen LogP contribution in [0.3, 0.4) is 0 Å². The quantitative estimate of drug-likeness (QED) is 0.166. The van der Waals surface area contributed by atoms with Gasteiger partial charge in [-0.1, -0.05) is 148 Å². The molecule has 10 rings (SSSR count). The van der Waals surface area contributed by atoms with Gasteiger partial charge in [-0.3, -0.25) is 0 Å². The standard InChI is InChI=1S/C48H35N2P/c1-3-14-33(15-4-1)34-16-11-17-35(28-34)36-18-12-19-37(29-36)38-20-13-23-40(30-38)50-43-25-8-7-24-41(43)42-31-46-48(32-45(42)50)51-47-27-10-9-26-44(47)49(46)39-21-5-2-6-22-39/h1-29,31-32,40,51H,30H2. The van der Waals surface area contributed by atoms with Crippen LogP contribution in [0, 0.1) is 0 Å². The fourth-order valence-electron chi connectivity index (χ4n) is 8.04. The molecule has 8 aromatic rings. The summed E-state index contributed by atoms with van der Waals surface area (Å²) in [7, 11) is 0.593. The average Bonchev–Trinajstić information content (AvgIpc) is 3.53. The highest BCUT2D eigenvalue weighted by atomic mass is 31.1. The highest BCUT2D eigenvalue weighted by Crippen LogP contribution is 2.45. The Hall–Kier alpha value is -5.95. The lowest BCUT2D eigenvalue weighted by Gasteiger charge is -2.33. The molecule has 1 aromatic heterocycles. The van der Waals surface area contributed by atoms with E-state index < -0.39 is 0 Å². The third-order valence-corrected chi connectivity index (χ3v) is 11.8. The summed E-state index contributed by atoms with van der Waals surface area (Å²) in [5.41, 5.74) is 13.9. The maximum atomic E-state index is 2.60. The van der Waals surface area contributed by atoms with Crippen LogP contribution in [0.25, 0.3) is 49.6 Å². The molecule has 0 fully saturated rings. The van der Waals surface area contributed by atoms with Gasteiger partial charge in [0.15, 0.2) is 0 Å². The average molecular weight is 671 g/mol. The number of para-hydroxylation sites is 3. The van der Waals surface area contributed by atoms with Gasteiger partial charge in [-0.25, -0.2) is 0 Å². The molecular formula is C48H35N2P. The number of rotatable bonds is 5. The summed E-state index contributed by atoms with van der Waals surface area (Å²) in [6, 6.07) is 62.4. The zero-order valence-corrected chi connectivity index (χ0v) is 29.1. The molecule has 7 aromatic carbocycles. The second-order valence-corrected chi connectivity index (χ2v) is 14.8. The van der Waals surface area contributed by atoms with Crippen LogP contribution in [0.1, 0.15) is 18.0 Å². The molecular weight excluding hydrogens is 636 g/mol. The molecule has 0 radical (unpaired) electrons. The van der Waals surface area contributed by atoms with Crippen molar-refractivity contribution in [2.24, 2.45) is 0 Å². The van der Waals surface area contributed by atoms with Gasteiger partial charge >= 0.3 is 0 Å². The highest BCUT2D eigenvalue weighted by Gasteiger charge is 2.27. The van der Waals surface area contributed by atoms with E-state index in [0.717, 1.165) is 6.42 Å². The van der Waals surface area contributed by atoms with Crippen molar-refractivity contribution in [1.82, 2.24) is 4.57 Å². The SMILES string of the molecule is C1=CC(n2c3ccccc3c3cc4c(cc32)Pc2ccccc2N4c2ccccc2)CC(c2cccc(-c3cccc(-c4ccccc4)c3)c2)=C1. The van der Waals surface area contributed by atoms with Crippen molar-refractivity contribution in [3.63, 3.8) is 0 Å². The summed E-state index contributed by atoms with van der Waals surface area (Å²) in [4.78, 5) is 2.45. The van der Waals surface area contributed by atoms with E-state index in [9.17, 15) is 0 Å². The Morgan fingerprint density at radius 2 is 1.12 bits per heavy atom. The third kappa shape index (κ3) is 5.23. The number of fused-ring (bicyclic) bond motifs is 5. The molecule has 0 saturated carbocycles. The van der Waals surface area contributed by atoms with Gasteiger partial charge in [0.1, 0.15) is 0 Å². The zero-order valence-electron chi connectivity index (χ0n) is 28.1. The van der Waals surface area contributed by atoms with Crippen molar-refractivity contribution in [1.29, 1.82) is 0 Å². The van der Waals surface area contributed by atoms with Gasteiger partial charge in [0, 0.05) is 32.6 Å². The lowest BCUT2D eigenvalue weighted by atomic mass is 9.91. The van der Waals surface area contributed by atoms with Crippen LogP contribution in [0.4, 0.5) is 17.1 Å². The van der Waals surface area contributed by atoms with E-state index in [1.807, 2.05) is 0 Å². The number of nitrogens with zero attached hydrogens (tertiary/aromatic N) is 2. The first-order valence-electron chi connectivity index (χ1n) is 17.7. The fraction of sp³-hybridized carbons (Fsp3) is 0.0417. The summed E-state index contributed by atoms with van der Waals surface area (Å²) < 4.78 is 2.60. The first-order chi connectivity index (χ1) is 25.3. The molecule has 1 aliphatic heterocycles. The first kappa shape index (κ1) is 29.9. The van der Waals surface area contributed by atoms with Crippen LogP contribution in [-0.4, -0.2) is 4.57 Å². The van der Waals surface area contributed by atoms with Gasteiger partial charge in [0.25, 0.3) is 0 Å². The maximum Gasteiger partial charge on any atom is 0.0566 e. The van der Waals surface area contributed by atoms with Gasteiger partial charge in [0.2, 0.25) is 0 Å². The Morgan fingerprint density at radius 1 is 0.471 bits per heavy atom. The third-order valence-electron chi connectivity index (χ3n) is 10.4. The van der Waals surface area contributed by atoms with Crippen molar-refractivity contribution < 1.29 is 0 Å². The van der Waals surface area contributed by atoms with E-state index in [2.05, 4.69) is 198 Å². The van der Waals surface area contributed by atoms with Crippen LogP contribution in [0.5, 0.6) is 0 Å². The number of anilines is 3. The number of benzene rings is 7. The van der Waals surface area contributed by atoms with Gasteiger partial charge in [0.05, 0.1) is 22.9 Å². The molecule has 242 valence electrons. The van der Waals surface area contributed by atoms with Gasteiger partial charge in [-0.05, 0) is 88.3 Å². The lowest BCUT2D eigenvalue weighted by Crippen LogP contribution is -2.27. The van der Waals surface area contributed by atoms with Crippen LogP contribution in [0.15, 0.2) is 188 Å². The van der Waals surface area contributed by atoms with E-state index in [1.54, 1.807) is 0 Å². The number of hydrogen-bond acceptors (Lipinski definition) is 1. The molecule has 2 unspecified atom stereocenters. The molecule has 2 heterocycles. The van der Waals surface area contributed by atoms with Crippen LogP contribution in [0.2, 0.25) is 0 Å². The number of aromatic nitrogens is 1. The van der Waals surface area contributed by atoms with Crippen molar-refractivity contribution in [3.05, 3.63) is 194 Å². The van der Waals surface area contributed by atoms with Gasteiger partial charge < -0.3 is 9.47 Å². The van der Waals surface area contributed by atoms with E-state index in [0.29, 0.717) is 8.58 Å². The molecule has 2 nitrogen and oxygen atoms in total. The monoisotopic (exact) mass is 670 g/mol. The predicted molar refractivity (Wildman–Crippen MR) is 220 cm³/mol. The zero-order chi connectivity index (χ0) is 33.7. The summed E-state index contributed by atoms with van der Waals surface area (Å²) in [6.07, 6.45) is 7.88.